The van der Waals surface area contributed by atoms with E-state index in [9.17, 15) is 4.79 Å². The third kappa shape index (κ3) is 3.73. The van der Waals surface area contributed by atoms with Crippen LogP contribution in [0.2, 0.25) is 0 Å². The van der Waals surface area contributed by atoms with E-state index in [2.05, 4.69) is 48.3 Å². The van der Waals surface area contributed by atoms with Gasteiger partial charge in [-0.25, -0.2) is 4.99 Å². The largest absolute Gasteiger partial charge is 0.369 e. The predicted molar refractivity (Wildman–Crippen MR) is 102 cm³/mol. The van der Waals surface area contributed by atoms with E-state index in [1.807, 2.05) is 25.1 Å². The smallest absolute Gasteiger partial charge is 0.231 e. The molecule has 4 nitrogen and oxygen atoms in total. The SMILES string of the molecule is CC(C[C@]1(C)CC(=O)N(C)C(N)=N1)c1cccc(-c2ccccc2)c1. The summed E-state index contributed by atoms with van der Waals surface area (Å²) in [6.45, 7) is 4.20. The summed E-state index contributed by atoms with van der Waals surface area (Å²) >= 11 is 0. The summed E-state index contributed by atoms with van der Waals surface area (Å²) in [5.41, 5.74) is 9.13. The molecule has 3 rings (SSSR count). The van der Waals surface area contributed by atoms with Gasteiger partial charge in [0.1, 0.15) is 0 Å². The van der Waals surface area contributed by atoms with Crippen LogP contribution in [0.5, 0.6) is 0 Å². The van der Waals surface area contributed by atoms with Crippen molar-refractivity contribution < 1.29 is 4.79 Å². The Morgan fingerprint density at radius 1 is 1.16 bits per heavy atom. The van der Waals surface area contributed by atoms with Crippen molar-refractivity contribution in [3.05, 3.63) is 60.2 Å². The van der Waals surface area contributed by atoms with Gasteiger partial charge in [0.15, 0.2) is 5.96 Å². The van der Waals surface area contributed by atoms with Crippen molar-refractivity contribution in [1.82, 2.24) is 4.90 Å². The van der Waals surface area contributed by atoms with Crippen LogP contribution in [0.15, 0.2) is 59.6 Å². The van der Waals surface area contributed by atoms with E-state index in [-0.39, 0.29) is 11.8 Å². The Balaban J connectivity index is 1.82. The van der Waals surface area contributed by atoms with Crippen molar-refractivity contribution in [2.45, 2.75) is 38.1 Å². The number of nitrogens with zero attached hydrogens (tertiary/aromatic N) is 2. The molecule has 0 aromatic heterocycles. The molecule has 2 atom stereocenters. The Bertz CT molecular complexity index is 800. The van der Waals surface area contributed by atoms with Gasteiger partial charge in [-0.05, 0) is 36.0 Å². The molecule has 4 heteroatoms. The number of aliphatic imine (C=N–C) groups is 1. The fraction of sp³-hybridized carbons (Fsp3) is 0.333. The minimum Gasteiger partial charge on any atom is -0.369 e. The number of carbonyl (C=O) groups excluding carboxylic acids is 1. The second kappa shape index (κ2) is 6.71. The second-order valence-electron chi connectivity index (χ2n) is 7.19. The summed E-state index contributed by atoms with van der Waals surface area (Å²) in [6.07, 6.45) is 1.18. The Labute approximate surface area is 149 Å². The van der Waals surface area contributed by atoms with Crippen LogP contribution in [0.3, 0.4) is 0 Å². The first-order chi connectivity index (χ1) is 11.9. The van der Waals surface area contributed by atoms with Crippen LogP contribution in [0.25, 0.3) is 11.1 Å². The number of rotatable bonds is 4. The summed E-state index contributed by atoms with van der Waals surface area (Å²) in [4.78, 5) is 18.2. The van der Waals surface area contributed by atoms with Gasteiger partial charge in [-0.1, -0.05) is 61.5 Å². The molecule has 0 saturated heterocycles. The molecule has 1 aliphatic heterocycles. The Kier molecular flexibility index (Phi) is 4.62. The molecule has 0 radical (unpaired) electrons. The zero-order valence-corrected chi connectivity index (χ0v) is 15.1. The lowest BCUT2D eigenvalue weighted by atomic mass is 9.82. The van der Waals surface area contributed by atoms with Gasteiger partial charge in [0.25, 0.3) is 0 Å². The maximum Gasteiger partial charge on any atom is 0.231 e. The first kappa shape index (κ1) is 17.2. The van der Waals surface area contributed by atoms with Crippen LogP contribution in [0.1, 0.15) is 38.2 Å². The van der Waals surface area contributed by atoms with Crippen molar-refractivity contribution in [2.75, 3.05) is 7.05 Å². The van der Waals surface area contributed by atoms with Gasteiger partial charge in [0.2, 0.25) is 5.91 Å². The number of amides is 1. The maximum absolute atomic E-state index is 12.1. The highest BCUT2D eigenvalue weighted by Crippen LogP contribution is 2.34. The quantitative estimate of drug-likeness (QED) is 0.924. The van der Waals surface area contributed by atoms with Crippen molar-refractivity contribution in [1.29, 1.82) is 0 Å². The predicted octanol–water partition coefficient (Wildman–Crippen LogP) is 3.78. The fourth-order valence-corrected chi connectivity index (χ4v) is 3.51. The maximum atomic E-state index is 12.1. The van der Waals surface area contributed by atoms with Gasteiger partial charge in [-0.2, -0.15) is 0 Å². The molecule has 1 aliphatic rings. The van der Waals surface area contributed by atoms with Gasteiger partial charge in [0.05, 0.1) is 12.0 Å². The molecule has 2 aromatic carbocycles. The van der Waals surface area contributed by atoms with Crippen molar-refractivity contribution in [3.8, 4) is 11.1 Å². The summed E-state index contributed by atoms with van der Waals surface area (Å²) in [5, 5.41) is 0. The van der Waals surface area contributed by atoms with Gasteiger partial charge >= 0.3 is 0 Å². The lowest BCUT2D eigenvalue weighted by Crippen LogP contribution is -2.48. The van der Waals surface area contributed by atoms with Crippen molar-refractivity contribution in [2.24, 2.45) is 10.7 Å². The number of benzene rings is 2. The van der Waals surface area contributed by atoms with Gasteiger partial charge < -0.3 is 5.73 Å². The average molecular weight is 335 g/mol. The van der Waals surface area contributed by atoms with E-state index in [1.165, 1.54) is 21.6 Å². The molecule has 0 aliphatic carbocycles. The molecule has 0 fully saturated rings. The van der Waals surface area contributed by atoms with E-state index < -0.39 is 5.54 Å². The summed E-state index contributed by atoms with van der Waals surface area (Å²) in [6, 6.07) is 18.9. The third-order valence-corrected chi connectivity index (χ3v) is 4.94. The molecule has 0 bridgehead atoms. The molecular weight excluding hydrogens is 310 g/mol. The molecule has 0 spiro atoms. The Morgan fingerprint density at radius 3 is 2.52 bits per heavy atom. The average Bonchev–Trinajstić information content (AvgIpc) is 2.60. The van der Waals surface area contributed by atoms with E-state index in [1.54, 1.807) is 7.05 Å². The highest BCUT2D eigenvalue weighted by atomic mass is 16.2. The van der Waals surface area contributed by atoms with E-state index in [0.717, 1.165) is 6.42 Å². The lowest BCUT2D eigenvalue weighted by Gasteiger charge is -2.35. The van der Waals surface area contributed by atoms with E-state index >= 15 is 0 Å². The molecule has 1 unspecified atom stereocenters. The molecule has 2 aromatic rings. The van der Waals surface area contributed by atoms with Gasteiger partial charge in [-0.3, -0.25) is 9.69 Å². The standard InChI is InChI=1S/C21H25N3O/c1-15(13-21(2)14-19(25)24(3)20(22)23-21)17-10-7-11-18(12-17)16-8-5-4-6-9-16/h4-12,15H,13-14H2,1-3H3,(H2,22,23)/t15?,21-/m1/s1. The zero-order chi connectivity index (χ0) is 18.0. The first-order valence-corrected chi connectivity index (χ1v) is 8.65. The molecule has 2 N–H and O–H groups in total. The molecule has 1 heterocycles. The van der Waals surface area contributed by atoms with Gasteiger partial charge in [-0.15, -0.1) is 0 Å². The number of hydrogen-bond donors (Lipinski definition) is 1. The second-order valence-corrected chi connectivity index (χ2v) is 7.19. The Morgan fingerprint density at radius 2 is 1.84 bits per heavy atom. The van der Waals surface area contributed by atoms with Crippen LogP contribution in [-0.4, -0.2) is 29.4 Å². The fourth-order valence-electron chi connectivity index (χ4n) is 3.51. The van der Waals surface area contributed by atoms with Crippen molar-refractivity contribution in [3.63, 3.8) is 0 Å². The van der Waals surface area contributed by atoms with Gasteiger partial charge in [0, 0.05) is 7.05 Å². The minimum absolute atomic E-state index is 0.0280. The summed E-state index contributed by atoms with van der Waals surface area (Å²) < 4.78 is 0. The molecule has 0 saturated carbocycles. The Hall–Kier alpha value is -2.62. The van der Waals surface area contributed by atoms with Crippen LogP contribution in [0.4, 0.5) is 0 Å². The normalized spacial score (nSPS) is 21.8. The summed E-state index contributed by atoms with van der Waals surface area (Å²) in [7, 11) is 1.67. The van der Waals surface area contributed by atoms with Crippen LogP contribution < -0.4 is 5.73 Å². The number of nitrogens with two attached hydrogens (primary N) is 1. The van der Waals surface area contributed by atoms with Crippen molar-refractivity contribution >= 4 is 11.9 Å². The molecular formula is C21H25N3O. The minimum atomic E-state index is -0.449. The van der Waals surface area contributed by atoms with Crippen LogP contribution in [0, 0.1) is 0 Å². The highest BCUT2D eigenvalue weighted by molar-refractivity contribution is 5.98. The number of carbonyl (C=O) groups is 1. The van der Waals surface area contributed by atoms with E-state index in [0.29, 0.717) is 12.4 Å². The molecule has 130 valence electrons. The third-order valence-electron chi connectivity index (χ3n) is 4.94. The molecule has 25 heavy (non-hydrogen) atoms. The number of hydrogen-bond acceptors (Lipinski definition) is 3. The highest BCUT2D eigenvalue weighted by Gasteiger charge is 2.35. The van der Waals surface area contributed by atoms with Crippen LogP contribution in [-0.2, 0) is 4.79 Å². The molecule has 1 amide bonds. The number of guanidine groups is 1. The van der Waals surface area contributed by atoms with E-state index in [4.69, 9.17) is 5.73 Å². The zero-order valence-electron chi connectivity index (χ0n) is 15.1. The summed E-state index contributed by atoms with van der Waals surface area (Å²) in [5.74, 6) is 0.616. The lowest BCUT2D eigenvalue weighted by molar-refractivity contribution is -0.128. The monoisotopic (exact) mass is 335 g/mol. The topological polar surface area (TPSA) is 58.7 Å². The van der Waals surface area contributed by atoms with Crippen LogP contribution >= 0.6 is 0 Å². The first-order valence-electron chi connectivity index (χ1n) is 8.65.